The van der Waals surface area contributed by atoms with Crippen molar-refractivity contribution in [1.29, 1.82) is 0 Å². The second kappa shape index (κ2) is 9.38. The third-order valence-corrected chi connectivity index (χ3v) is 4.49. The summed E-state index contributed by atoms with van der Waals surface area (Å²) >= 11 is 6.15. The van der Waals surface area contributed by atoms with Crippen molar-refractivity contribution >= 4 is 23.4 Å². The summed E-state index contributed by atoms with van der Waals surface area (Å²) in [4.78, 5) is 31.7. The lowest BCUT2D eigenvalue weighted by Crippen LogP contribution is -2.41. The van der Waals surface area contributed by atoms with Gasteiger partial charge in [0.25, 0.3) is 0 Å². The molecule has 0 saturated heterocycles. The van der Waals surface area contributed by atoms with Crippen LogP contribution in [0.15, 0.2) is 34.9 Å². The van der Waals surface area contributed by atoms with Crippen molar-refractivity contribution in [2.24, 2.45) is 0 Å². The maximum absolute atomic E-state index is 12.2. The van der Waals surface area contributed by atoms with Crippen LogP contribution in [0.4, 0.5) is 0 Å². The van der Waals surface area contributed by atoms with Crippen LogP contribution >= 0.6 is 11.6 Å². The maximum Gasteiger partial charge on any atom is 0.242 e. The van der Waals surface area contributed by atoms with Crippen molar-refractivity contribution < 1.29 is 14.0 Å². The van der Waals surface area contributed by atoms with Gasteiger partial charge in [0.1, 0.15) is 0 Å². The van der Waals surface area contributed by atoms with E-state index in [4.69, 9.17) is 16.0 Å². The zero-order chi connectivity index (χ0) is 19.1. The van der Waals surface area contributed by atoms with Crippen LogP contribution in [0.1, 0.15) is 26.2 Å². The first-order valence-corrected chi connectivity index (χ1v) is 9.05. The highest BCUT2D eigenvalue weighted by molar-refractivity contribution is 6.33. The minimum Gasteiger partial charge on any atom is -0.441 e. The predicted molar refractivity (Wildman–Crippen MR) is 101 cm³/mol. The molecule has 2 amide bonds. The Morgan fingerprint density at radius 1 is 1.15 bits per heavy atom. The molecule has 6 nitrogen and oxygen atoms in total. The summed E-state index contributed by atoms with van der Waals surface area (Å²) in [7, 11) is 1.63. The van der Waals surface area contributed by atoms with Gasteiger partial charge in [0.15, 0.2) is 11.7 Å². The van der Waals surface area contributed by atoms with Gasteiger partial charge in [0, 0.05) is 38.5 Å². The third kappa shape index (κ3) is 5.08. The Labute approximate surface area is 158 Å². The fourth-order valence-corrected chi connectivity index (χ4v) is 2.81. The number of benzene rings is 1. The van der Waals surface area contributed by atoms with Crippen LogP contribution in [0.2, 0.25) is 5.02 Å². The van der Waals surface area contributed by atoms with Crippen molar-refractivity contribution in [2.45, 2.75) is 26.7 Å². The molecule has 2 rings (SSSR count). The van der Waals surface area contributed by atoms with Gasteiger partial charge in [0.2, 0.25) is 11.8 Å². The van der Waals surface area contributed by atoms with Gasteiger partial charge in [-0.15, -0.1) is 0 Å². The van der Waals surface area contributed by atoms with Crippen LogP contribution in [-0.4, -0.2) is 53.3 Å². The number of amides is 2. The van der Waals surface area contributed by atoms with Crippen LogP contribution < -0.4 is 0 Å². The van der Waals surface area contributed by atoms with Crippen LogP contribution in [-0.2, 0) is 16.0 Å². The Hall–Kier alpha value is -2.34. The lowest BCUT2D eigenvalue weighted by molar-refractivity contribution is -0.139. The van der Waals surface area contributed by atoms with Crippen molar-refractivity contribution in [2.75, 3.05) is 26.7 Å². The number of nitrogens with zero attached hydrogens (tertiary/aromatic N) is 3. The molecule has 2 aromatic rings. The first-order chi connectivity index (χ1) is 12.5. The van der Waals surface area contributed by atoms with E-state index in [1.54, 1.807) is 24.2 Å². The van der Waals surface area contributed by atoms with Gasteiger partial charge in [-0.1, -0.05) is 23.7 Å². The van der Waals surface area contributed by atoms with Crippen LogP contribution in [0, 0.1) is 0 Å². The fourth-order valence-electron chi connectivity index (χ4n) is 2.58. The number of aryl methyl sites for hydroxylation is 1. The Kier molecular flexibility index (Phi) is 7.21. The third-order valence-electron chi connectivity index (χ3n) is 4.16. The quantitative estimate of drug-likeness (QED) is 0.708. The van der Waals surface area contributed by atoms with Gasteiger partial charge in [-0.25, -0.2) is 4.98 Å². The van der Waals surface area contributed by atoms with E-state index in [-0.39, 0.29) is 24.8 Å². The van der Waals surface area contributed by atoms with Gasteiger partial charge in [-0.3, -0.25) is 9.59 Å². The monoisotopic (exact) mass is 377 g/mol. The molecule has 0 bridgehead atoms. The molecule has 0 radical (unpaired) electrons. The van der Waals surface area contributed by atoms with Crippen LogP contribution in [0.5, 0.6) is 0 Å². The van der Waals surface area contributed by atoms with E-state index >= 15 is 0 Å². The average molecular weight is 378 g/mol. The zero-order valence-corrected chi connectivity index (χ0v) is 16.1. The van der Waals surface area contributed by atoms with E-state index in [0.29, 0.717) is 36.2 Å². The van der Waals surface area contributed by atoms with Gasteiger partial charge < -0.3 is 14.2 Å². The molecular weight excluding hydrogens is 354 g/mol. The molecule has 0 N–H and O–H groups in total. The minimum atomic E-state index is -0.122. The maximum atomic E-state index is 12.2. The molecule has 0 aliphatic rings. The number of rotatable bonds is 8. The molecular formula is C19H24ClN3O3. The molecule has 0 atom stereocenters. The number of carbonyl (C=O) groups excluding carboxylic acids is 2. The topological polar surface area (TPSA) is 66.7 Å². The summed E-state index contributed by atoms with van der Waals surface area (Å²) in [6, 6.07) is 7.35. The second-order valence-corrected chi connectivity index (χ2v) is 6.32. The van der Waals surface area contributed by atoms with E-state index in [0.717, 1.165) is 5.56 Å². The largest absolute Gasteiger partial charge is 0.441 e. The second-order valence-electron chi connectivity index (χ2n) is 5.91. The molecule has 1 aromatic carbocycles. The van der Waals surface area contributed by atoms with Gasteiger partial charge in [-0.05, 0) is 26.0 Å². The number of aromatic nitrogens is 1. The van der Waals surface area contributed by atoms with Crippen molar-refractivity contribution in [3.8, 4) is 11.3 Å². The molecule has 0 unspecified atom stereocenters. The SMILES string of the molecule is CCN(CC)C(=O)CN(C)C(=O)CCc1ncc(-c2ccccc2Cl)o1. The number of hydrogen-bond donors (Lipinski definition) is 0. The van der Waals surface area contributed by atoms with Crippen molar-refractivity contribution in [3.63, 3.8) is 0 Å². The summed E-state index contributed by atoms with van der Waals surface area (Å²) < 4.78 is 5.69. The molecule has 0 aliphatic carbocycles. The summed E-state index contributed by atoms with van der Waals surface area (Å²) in [6.45, 7) is 5.19. The molecule has 7 heteroatoms. The molecule has 1 aromatic heterocycles. The van der Waals surface area contributed by atoms with E-state index in [2.05, 4.69) is 4.98 Å². The molecule has 0 aliphatic heterocycles. The highest BCUT2D eigenvalue weighted by Crippen LogP contribution is 2.28. The summed E-state index contributed by atoms with van der Waals surface area (Å²) in [5, 5.41) is 0.584. The van der Waals surface area contributed by atoms with Crippen LogP contribution in [0.25, 0.3) is 11.3 Å². The Balaban J connectivity index is 1.90. The lowest BCUT2D eigenvalue weighted by atomic mass is 10.2. The molecule has 140 valence electrons. The minimum absolute atomic E-state index is 0.0528. The van der Waals surface area contributed by atoms with Gasteiger partial charge in [0.05, 0.1) is 17.8 Å². The summed E-state index contributed by atoms with van der Waals surface area (Å²) in [5.74, 6) is 0.867. The highest BCUT2D eigenvalue weighted by atomic mass is 35.5. The number of oxazole rings is 1. The number of carbonyl (C=O) groups is 2. The highest BCUT2D eigenvalue weighted by Gasteiger charge is 2.17. The Bertz CT molecular complexity index is 756. The van der Waals surface area contributed by atoms with Gasteiger partial charge in [-0.2, -0.15) is 0 Å². The predicted octanol–water partition coefficient (Wildman–Crippen LogP) is 3.25. The number of halogens is 1. The van der Waals surface area contributed by atoms with E-state index in [1.165, 1.54) is 4.90 Å². The van der Waals surface area contributed by atoms with Crippen LogP contribution in [0.3, 0.4) is 0 Å². The average Bonchev–Trinajstić information content (AvgIpc) is 3.09. The molecule has 0 saturated carbocycles. The summed E-state index contributed by atoms with van der Waals surface area (Å²) in [6.07, 6.45) is 2.20. The number of hydrogen-bond acceptors (Lipinski definition) is 4. The molecule has 1 heterocycles. The molecule has 0 fully saturated rings. The van der Waals surface area contributed by atoms with Crippen molar-refractivity contribution in [1.82, 2.24) is 14.8 Å². The Morgan fingerprint density at radius 2 is 1.85 bits per heavy atom. The normalized spacial score (nSPS) is 10.6. The van der Waals surface area contributed by atoms with Crippen molar-refractivity contribution in [3.05, 3.63) is 41.4 Å². The van der Waals surface area contributed by atoms with E-state index in [9.17, 15) is 9.59 Å². The van der Waals surface area contributed by atoms with E-state index in [1.807, 2.05) is 32.0 Å². The first-order valence-electron chi connectivity index (χ1n) is 8.67. The van der Waals surface area contributed by atoms with E-state index < -0.39 is 0 Å². The first kappa shape index (κ1) is 20.0. The number of likely N-dealkylation sites (N-methyl/N-ethyl adjacent to an activating group) is 2. The fraction of sp³-hybridized carbons (Fsp3) is 0.421. The Morgan fingerprint density at radius 3 is 2.50 bits per heavy atom. The molecule has 0 spiro atoms. The smallest absolute Gasteiger partial charge is 0.242 e. The summed E-state index contributed by atoms with van der Waals surface area (Å²) in [5.41, 5.74) is 0.765. The van der Waals surface area contributed by atoms with Gasteiger partial charge >= 0.3 is 0 Å². The zero-order valence-electron chi connectivity index (χ0n) is 15.4. The standard InChI is InChI=1S/C19H24ClN3O3/c1-4-23(5-2)19(25)13-22(3)18(24)11-10-17-21-12-16(26-17)14-8-6-7-9-15(14)20/h6-9,12H,4-5,10-11,13H2,1-3H3. The molecule has 26 heavy (non-hydrogen) atoms. The lowest BCUT2D eigenvalue weighted by Gasteiger charge is -2.23.